The van der Waals surface area contributed by atoms with Crippen LogP contribution in [0.3, 0.4) is 0 Å². The van der Waals surface area contributed by atoms with Gasteiger partial charge in [-0.1, -0.05) is 68.8 Å². The lowest BCUT2D eigenvalue weighted by Gasteiger charge is -2.13. The molecule has 15 nitrogen and oxygen atoms in total. The maximum atomic E-state index is 5.74. The van der Waals surface area contributed by atoms with Gasteiger partial charge in [0.1, 0.15) is 16.8 Å². The van der Waals surface area contributed by atoms with Gasteiger partial charge in [0.15, 0.2) is 0 Å². The molecule has 11 aromatic rings. The lowest BCUT2D eigenvalue weighted by molar-refractivity contribution is 0.321. The molecule has 0 spiro atoms. The SMILES string of the molecule is CCN(CC)CC.Cc1cc2cc(N)ccc2[nH]1.Cc1cc2cc(Nc3ccnc(Cl)n3)ccc2[nH]1.Cc1cc2cc(Nc3ccnc(Nc4ccccc4)n3)ccc2[nH]1.Clc1ccnc(Cl)n1.Nc1ccccc1. The van der Waals surface area contributed by atoms with E-state index in [2.05, 4.69) is 130 Å². The smallest absolute Gasteiger partial charge is 0.229 e. The number of nitrogens with two attached hydrogens (primary N) is 2. The summed E-state index contributed by atoms with van der Waals surface area (Å²) in [6.45, 7) is 16.3. The van der Waals surface area contributed by atoms with Gasteiger partial charge in [0, 0.05) is 96.8 Å². The highest BCUT2D eigenvalue weighted by Gasteiger charge is 2.05. The number of fused-ring (bicyclic) bond motifs is 3. The molecule has 0 unspecified atom stereocenters. The van der Waals surface area contributed by atoms with Crippen molar-refractivity contribution in [2.45, 2.75) is 41.5 Å². The van der Waals surface area contributed by atoms with Crippen molar-refractivity contribution in [3.63, 3.8) is 0 Å². The fraction of sp³-hybridized carbons (Fsp3) is 0.158. The van der Waals surface area contributed by atoms with Gasteiger partial charge in [-0.15, -0.1) is 0 Å². The van der Waals surface area contributed by atoms with E-state index < -0.39 is 0 Å². The van der Waals surface area contributed by atoms with Crippen LogP contribution in [0.2, 0.25) is 15.7 Å². The third kappa shape index (κ3) is 19.0. The molecule has 0 saturated carbocycles. The number of aromatic amines is 3. The molecule has 0 radical (unpaired) electrons. The van der Waals surface area contributed by atoms with Gasteiger partial charge in [-0.25, -0.2) is 24.9 Å². The topological polar surface area (TPSA) is 216 Å². The molecule has 5 aromatic carbocycles. The molecular weight excluding hydrogens is 1000 g/mol. The van der Waals surface area contributed by atoms with Crippen molar-refractivity contribution in [1.29, 1.82) is 0 Å². The number of nitrogens with one attached hydrogen (secondary N) is 6. The van der Waals surface area contributed by atoms with E-state index in [0.29, 0.717) is 16.9 Å². The molecule has 0 saturated heterocycles. The normalized spacial score (nSPS) is 10.3. The summed E-state index contributed by atoms with van der Waals surface area (Å²) in [6, 6.07) is 49.0. The zero-order chi connectivity index (χ0) is 53.5. The predicted octanol–water partition coefficient (Wildman–Crippen LogP) is 14.9. The van der Waals surface area contributed by atoms with Crippen LogP contribution in [0.5, 0.6) is 0 Å². The summed E-state index contributed by atoms with van der Waals surface area (Å²) >= 11 is 16.5. The van der Waals surface area contributed by atoms with Crippen LogP contribution in [-0.4, -0.2) is 69.4 Å². The fourth-order valence-electron chi connectivity index (χ4n) is 7.29. The number of benzene rings is 5. The van der Waals surface area contributed by atoms with E-state index in [9.17, 15) is 0 Å². The van der Waals surface area contributed by atoms with E-state index in [0.717, 1.165) is 67.6 Å². The molecule has 0 aliphatic heterocycles. The van der Waals surface area contributed by atoms with Crippen LogP contribution in [0, 0.1) is 20.8 Å². The quantitative estimate of drug-likeness (QED) is 0.0385. The van der Waals surface area contributed by atoms with E-state index in [1.54, 1.807) is 24.5 Å². The van der Waals surface area contributed by atoms with Crippen LogP contribution < -0.4 is 27.4 Å². The number of rotatable bonds is 9. The minimum absolute atomic E-state index is 0.178. The molecule has 0 amide bonds. The minimum Gasteiger partial charge on any atom is -0.399 e. The Bertz CT molecular complexity index is 3430. The number of hydrogen-bond acceptors (Lipinski definition) is 12. The third-order valence-electron chi connectivity index (χ3n) is 10.9. The molecule has 0 atom stereocenters. The number of hydrogen-bond donors (Lipinski definition) is 8. The molecule has 0 fully saturated rings. The second-order valence-corrected chi connectivity index (χ2v) is 17.8. The first kappa shape index (κ1) is 56.1. The highest BCUT2D eigenvalue weighted by molar-refractivity contribution is 6.31. The number of nitrogens with zero attached hydrogens (tertiary/aromatic N) is 7. The summed E-state index contributed by atoms with van der Waals surface area (Å²) in [4.78, 5) is 36.1. The summed E-state index contributed by atoms with van der Waals surface area (Å²) in [6.07, 6.45) is 4.86. The molecule has 6 heterocycles. The van der Waals surface area contributed by atoms with Crippen molar-refractivity contribution in [3.05, 3.63) is 203 Å². The number of aryl methyl sites for hydroxylation is 3. The highest BCUT2D eigenvalue weighted by Crippen LogP contribution is 2.25. The number of halogens is 3. The Balaban J connectivity index is 0.000000158. The van der Waals surface area contributed by atoms with Crippen molar-refractivity contribution in [3.8, 4) is 0 Å². The Morgan fingerprint density at radius 3 is 1.33 bits per heavy atom. The number of anilines is 8. The molecule has 11 rings (SSSR count). The Labute approximate surface area is 452 Å². The van der Waals surface area contributed by atoms with E-state index in [1.807, 2.05) is 117 Å². The Morgan fingerprint density at radius 2 is 0.893 bits per heavy atom. The second kappa shape index (κ2) is 28.9. The Kier molecular flexibility index (Phi) is 21.6. The van der Waals surface area contributed by atoms with Crippen molar-refractivity contribution in [2.75, 3.05) is 47.1 Å². The summed E-state index contributed by atoms with van der Waals surface area (Å²) in [5.41, 5.74) is 22.4. The van der Waals surface area contributed by atoms with Gasteiger partial charge in [-0.05, 0) is 179 Å². The third-order valence-corrected chi connectivity index (χ3v) is 11.5. The Hall–Kier alpha value is -8.21. The van der Waals surface area contributed by atoms with Gasteiger partial charge in [-0.3, -0.25) is 0 Å². The average molecular weight is 1060 g/mol. The van der Waals surface area contributed by atoms with Crippen molar-refractivity contribution < 1.29 is 0 Å². The van der Waals surface area contributed by atoms with Crippen molar-refractivity contribution in [1.82, 2.24) is 49.8 Å². The standard InChI is InChI=1S/C19H17N5.C13H11ClN4.C9H10N2.C6H7N.C6H15N.C4H2Cl2N2/c1-13-11-14-12-16(7-8-17(14)21-13)22-18-9-10-20-19(24-18)23-15-5-3-2-4-6-15;1-8-6-9-7-10(2-3-11(9)16-8)17-12-4-5-15-13(14)18-12;1-6-4-7-5-8(10)2-3-9(7)11-6;7-6-4-2-1-3-5-6;1-4-7(5-2)6-3;5-3-1-2-7-4(6)8-3/h2-12,21H,1H3,(H2,20,22,23,24);2-7,16H,1H3,(H,15,17,18);2-5,11H,10H2,1H3;1-5H,7H2;4-6H2,1-3H3;1-2H. The van der Waals surface area contributed by atoms with E-state index in [4.69, 9.17) is 46.3 Å². The van der Waals surface area contributed by atoms with Gasteiger partial charge in [-0.2, -0.15) is 4.98 Å². The minimum atomic E-state index is 0.178. The number of aromatic nitrogens is 9. The molecule has 0 aliphatic carbocycles. The molecule has 75 heavy (non-hydrogen) atoms. The molecule has 0 aliphatic rings. The molecular formula is C57H62Cl3N15. The molecule has 18 heteroatoms. The molecule has 6 aromatic heterocycles. The maximum absolute atomic E-state index is 5.74. The lowest BCUT2D eigenvalue weighted by atomic mass is 10.2. The van der Waals surface area contributed by atoms with E-state index in [1.165, 1.54) is 42.3 Å². The zero-order valence-corrected chi connectivity index (χ0v) is 45.0. The van der Waals surface area contributed by atoms with Crippen LogP contribution in [-0.2, 0) is 0 Å². The first-order valence-corrected chi connectivity index (χ1v) is 25.3. The first-order valence-electron chi connectivity index (χ1n) is 24.1. The number of H-pyrrole nitrogens is 3. The first-order chi connectivity index (χ1) is 36.2. The van der Waals surface area contributed by atoms with Gasteiger partial charge in [0.2, 0.25) is 16.5 Å². The summed E-state index contributed by atoms with van der Waals surface area (Å²) in [5.74, 6) is 1.99. The van der Waals surface area contributed by atoms with Crippen molar-refractivity contribution >= 4 is 114 Å². The number of para-hydroxylation sites is 2. The van der Waals surface area contributed by atoms with Gasteiger partial charge < -0.3 is 47.3 Å². The van der Waals surface area contributed by atoms with Crippen LogP contribution in [0.4, 0.5) is 46.0 Å². The van der Waals surface area contributed by atoms with E-state index >= 15 is 0 Å². The molecule has 386 valence electrons. The molecule has 0 bridgehead atoms. The van der Waals surface area contributed by atoms with Crippen LogP contribution >= 0.6 is 34.8 Å². The predicted molar refractivity (Wildman–Crippen MR) is 315 cm³/mol. The summed E-state index contributed by atoms with van der Waals surface area (Å²) < 4.78 is 0. The average Bonchev–Trinajstić information content (AvgIpc) is 4.09. The van der Waals surface area contributed by atoms with Gasteiger partial charge >= 0.3 is 0 Å². The summed E-state index contributed by atoms with van der Waals surface area (Å²) in [7, 11) is 0. The largest absolute Gasteiger partial charge is 0.399 e. The lowest BCUT2D eigenvalue weighted by Crippen LogP contribution is -2.21. The highest BCUT2D eigenvalue weighted by atomic mass is 35.5. The fourth-order valence-corrected chi connectivity index (χ4v) is 7.76. The second-order valence-electron chi connectivity index (χ2n) is 16.7. The van der Waals surface area contributed by atoms with Crippen LogP contribution in [0.1, 0.15) is 37.9 Å². The molecule has 10 N–H and O–H groups in total. The van der Waals surface area contributed by atoms with Crippen LogP contribution in [0.15, 0.2) is 170 Å². The zero-order valence-electron chi connectivity index (χ0n) is 42.7. The van der Waals surface area contributed by atoms with Gasteiger partial charge in [0.05, 0.1) is 0 Å². The number of nitrogen functional groups attached to an aromatic ring is 2. The van der Waals surface area contributed by atoms with E-state index in [-0.39, 0.29) is 10.6 Å². The summed E-state index contributed by atoms with van der Waals surface area (Å²) in [5, 5.41) is 14.0. The Morgan fingerprint density at radius 1 is 0.440 bits per heavy atom. The maximum Gasteiger partial charge on any atom is 0.229 e. The van der Waals surface area contributed by atoms with Crippen molar-refractivity contribution in [2.24, 2.45) is 0 Å². The van der Waals surface area contributed by atoms with Crippen LogP contribution in [0.25, 0.3) is 32.7 Å². The monoisotopic (exact) mass is 1060 g/mol. The van der Waals surface area contributed by atoms with Gasteiger partial charge in [0.25, 0.3) is 0 Å².